The highest BCUT2D eigenvalue weighted by atomic mass is 16.7. The zero-order chi connectivity index (χ0) is 62.5. The summed E-state index contributed by atoms with van der Waals surface area (Å²) in [6.45, 7) is 6.71. The zero-order valence-electron chi connectivity index (χ0n) is 54.4. The van der Waals surface area contributed by atoms with E-state index < -0.39 is 49.0 Å². The summed E-state index contributed by atoms with van der Waals surface area (Å²) in [5.41, 5.74) is 7.03. The molecule has 0 radical (unpaired) electrons. The van der Waals surface area contributed by atoms with Gasteiger partial charge in [0, 0.05) is 6.20 Å². The standard InChI is InChI=1S/C77H103N3O10/c1-5-7-9-11-12-13-14-15-16-17-19-33-43-71(84-54-65-44-48-68(81-3)49-45-65)73(85-58-66-46-50-69(82-4)51-47-66)70(80-52-67(78-79-80)42-32-18-10-8-6-2)59-89-77-76(88-57-64-40-30-23-31-41-64)75(87-56-63-38-28-22-29-39-63)74(86-55-62-36-26-21-27-37-62)72(90-77)60-83-53-61-34-24-20-25-35-61/h20-31,34-41,44-52,70-77H,5-19,32-33,42-43,53-60H2,1-4H3/t70-,71+,72?,73-,74-,75+,76-,77-/m0/s1. The molecule has 6 aromatic carbocycles. The topological polar surface area (TPSA) is 123 Å². The third-order valence-corrected chi connectivity index (χ3v) is 17.0. The molecule has 1 fully saturated rings. The Balaban J connectivity index is 1.16. The van der Waals surface area contributed by atoms with Gasteiger partial charge in [0.2, 0.25) is 0 Å². The van der Waals surface area contributed by atoms with Crippen LogP contribution in [-0.4, -0.2) is 85.3 Å². The van der Waals surface area contributed by atoms with Gasteiger partial charge in [-0.3, -0.25) is 0 Å². The second-order valence-electron chi connectivity index (χ2n) is 24.1. The van der Waals surface area contributed by atoms with Crippen LogP contribution in [0.5, 0.6) is 11.5 Å². The van der Waals surface area contributed by atoms with Crippen molar-refractivity contribution >= 4 is 0 Å². The summed E-state index contributed by atoms with van der Waals surface area (Å²) in [6, 6.07) is 56.5. The first kappa shape index (κ1) is 69.6. The predicted octanol–water partition coefficient (Wildman–Crippen LogP) is 17.3. The molecule has 7 aromatic rings. The van der Waals surface area contributed by atoms with Gasteiger partial charge in [-0.2, -0.15) is 0 Å². The average Bonchev–Trinajstić information content (AvgIpc) is 1.25. The smallest absolute Gasteiger partial charge is 0.187 e. The minimum Gasteiger partial charge on any atom is -0.497 e. The molecule has 8 rings (SSSR count). The molecule has 486 valence electrons. The van der Waals surface area contributed by atoms with Gasteiger partial charge >= 0.3 is 0 Å². The molecule has 2 heterocycles. The maximum absolute atomic E-state index is 7.45. The Bertz CT molecular complexity index is 2900. The summed E-state index contributed by atoms with van der Waals surface area (Å²) in [7, 11) is 3.38. The lowest BCUT2D eigenvalue weighted by Gasteiger charge is -2.46. The fraction of sp³-hybridized carbons (Fsp3) is 0.506. The van der Waals surface area contributed by atoms with E-state index in [9.17, 15) is 0 Å². The Labute approximate surface area is 538 Å². The zero-order valence-corrected chi connectivity index (χ0v) is 54.4. The van der Waals surface area contributed by atoms with Crippen molar-refractivity contribution in [2.75, 3.05) is 27.4 Å². The molecule has 0 N–H and O–H groups in total. The van der Waals surface area contributed by atoms with E-state index in [2.05, 4.69) is 92.8 Å². The molecule has 0 spiro atoms. The van der Waals surface area contributed by atoms with Crippen LogP contribution in [0.1, 0.15) is 175 Å². The molecule has 0 aliphatic carbocycles. The highest BCUT2D eigenvalue weighted by Gasteiger charge is 2.50. The normalized spacial score (nSPS) is 17.7. The molecule has 0 saturated carbocycles. The van der Waals surface area contributed by atoms with Crippen LogP contribution >= 0.6 is 0 Å². The molecule has 1 unspecified atom stereocenters. The van der Waals surface area contributed by atoms with Crippen molar-refractivity contribution in [3.63, 3.8) is 0 Å². The summed E-state index contributed by atoms with van der Waals surface area (Å²) in [5, 5.41) is 9.86. The predicted molar refractivity (Wildman–Crippen MR) is 356 cm³/mol. The van der Waals surface area contributed by atoms with Crippen LogP contribution in [0.2, 0.25) is 0 Å². The van der Waals surface area contributed by atoms with E-state index in [0.717, 1.165) is 89.1 Å². The van der Waals surface area contributed by atoms with Gasteiger partial charge in [0.1, 0.15) is 48.1 Å². The number of hydrogen-bond donors (Lipinski definition) is 0. The number of methoxy groups -OCH3 is 2. The van der Waals surface area contributed by atoms with Gasteiger partial charge in [0.05, 0.1) is 78.9 Å². The number of aromatic nitrogens is 3. The second kappa shape index (κ2) is 41.3. The van der Waals surface area contributed by atoms with Crippen LogP contribution in [0.15, 0.2) is 176 Å². The lowest BCUT2D eigenvalue weighted by atomic mass is 9.97. The van der Waals surface area contributed by atoms with Crippen LogP contribution in [0, 0.1) is 0 Å². The third-order valence-electron chi connectivity index (χ3n) is 17.0. The summed E-state index contributed by atoms with van der Waals surface area (Å²) in [4.78, 5) is 0. The SMILES string of the molecule is CCCCCCCCCCCCCC[C@@H](OCc1ccc(OC)cc1)[C@@H](OCc1ccc(OC)cc1)[C@H](CO[C@H]1OC(COCc2ccccc2)[C@H](OCc2ccccc2)[C@@H](OCc2ccccc2)[C@@H]1OCc1ccccc1)n1cc(CCCCCCC)nn1. The number of hydrogen-bond acceptors (Lipinski definition) is 12. The Morgan fingerprint density at radius 3 is 1.37 bits per heavy atom. The number of rotatable bonds is 46. The summed E-state index contributed by atoms with van der Waals surface area (Å²) in [6.07, 6.45) is 19.6. The van der Waals surface area contributed by atoms with Gasteiger partial charge in [0.15, 0.2) is 6.29 Å². The van der Waals surface area contributed by atoms with Crippen LogP contribution in [-0.2, 0) is 84.0 Å². The summed E-state index contributed by atoms with van der Waals surface area (Å²) in [5.74, 6) is 1.57. The van der Waals surface area contributed by atoms with E-state index in [1.54, 1.807) is 14.2 Å². The molecule has 1 aliphatic rings. The molecule has 8 atom stereocenters. The average molecular weight is 1230 g/mol. The quantitative estimate of drug-likeness (QED) is 0.0338. The van der Waals surface area contributed by atoms with Gasteiger partial charge in [0.25, 0.3) is 0 Å². The maximum Gasteiger partial charge on any atom is 0.187 e. The number of benzene rings is 6. The molecule has 0 amide bonds. The van der Waals surface area contributed by atoms with E-state index in [1.807, 2.05) is 102 Å². The molecule has 90 heavy (non-hydrogen) atoms. The van der Waals surface area contributed by atoms with Crippen molar-refractivity contribution in [1.29, 1.82) is 0 Å². The van der Waals surface area contributed by atoms with E-state index in [1.165, 1.54) is 83.5 Å². The molecule has 13 nitrogen and oxygen atoms in total. The molecule has 1 saturated heterocycles. The van der Waals surface area contributed by atoms with Crippen molar-refractivity contribution in [2.24, 2.45) is 0 Å². The maximum atomic E-state index is 7.45. The van der Waals surface area contributed by atoms with Crippen molar-refractivity contribution in [1.82, 2.24) is 15.0 Å². The third kappa shape index (κ3) is 24.4. The number of ether oxygens (including phenoxy) is 10. The van der Waals surface area contributed by atoms with Gasteiger partial charge < -0.3 is 47.4 Å². The summed E-state index contributed by atoms with van der Waals surface area (Å²) < 4.78 is 70.6. The number of nitrogens with zero attached hydrogens (tertiary/aromatic N) is 3. The minimum atomic E-state index is -0.988. The molecular weight excluding hydrogens is 1130 g/mol. The van der Waals surface area contributed by atoms with Crippen molar-refractivity contribution in [3.05, 3.63) is 215 Å². The van der Waals surface area contributed by atoms with Crippen LogP contribution in [0.4, 0.5) is 0 Å². The highest BCUT2D eigenvalue weighted by molar-refractivity contribution is 5.28. The fourth-order valence-corrected chi connectivity index (χ4v) is 11.7. The van der Waals surface area contributed by atoms with Crippen LogP contribution in [0.25, 0.3) is 0 Å². The Kier molecular flexibility index (Phi) is 31.9. The first-order valence-electron chi connectivity index (χ1n) is 33.7. The lowest BCUT2D eigenvalue weighted by Crippen LogP contribution is -2.62. The first-order chi connectivity index (χ1) is 44.5. The summed E-state index contributed by atoms with van der Waals surface area (Å²) >= 11 is 0. The van der Waals surface area contributed by atoms with Crippen molar-refractivity contribution < 1.29 is 47.4 Å². The Morgan fingerprint density at radius 1 is 0.433 bits per heavy atom. The number of unbranched alkanes of at least 4 members (excludes halogenated alkanes) is 15. The Morgan fingerprint density at radius 2 is 0.867 bits per heavy atom. The van der Waals surface area contributed by atoms with E-state index >= 15 is 0 Å². The van der Waals surface area contributed by atoms with Crippen LogP contribution in [0.3, 0.4) is 0 Å². The minimum absolute atomic E-state index is 0.0851. The van der Waals surface area contributed by atoms with Gasteiger partial charge in [-0.25, -0.2) is 4.68 Å². The van der Waals surface area contributed by atoms with Gasteiger partial charge in [-0.1, -0.05) is 267 Å². The molecule has 0 bridgehead atoms. The van der Waals surface area contributed by atoms with E-state index in [4.69, 9.17) is 57.7 Å². The molecule has 13 heteroatoms. The Hall–Kier alpha value is -6.26. The van der Waals surface area contributed by atoms with Gasteiger partial charge in [-0.05, 0) is 76.9 Å². The van der Waals surface area contributed by atoms with Crippen molar-refractivity contribution in [3.8, 4) is 11.5 Å². The van der Waals surface area contributed by atoms with E-state index in [0.29, 0.717) is 33.0 Å². The molecule has 1 aliphatic heterocycles. The lowest BCUT2D eigenvalue weighted by molar-refractivity contribution is -0.331. The highest BCUT2D eigenvalue weighted by Crippen LogP contribution is 2.35. The van der Waals surface area contributed by atoms with Crippen LogP contribution < -0.4 is 9.47 Å². The second-order valence-corrected chi connectivity index (χ2v) is 24.1. The molecular formula is C77H103N3O10. The van der Waals surface area contributed by atoms with Gasteiger partial charge in [-0.15, -0.1) is 5.10 Å². The first-order valence-corrected chi connectivity index (χ1v) is 33.7. The number of aryl methyl sites for hydroxylation is 1. The van der Waals surface area contributed by atoms with Crippen molar-refractivity contribution in [2.45, 2.75) is 224 Å². The molecule has 1 aromatic heterocycles. The van der Waals surface area contributed by atoms with E-state index in [-0.39, 0.29) is 19.8 Å². The monoisotopic (exact) mass is 1230 g/mol. The fourth-order valence-electron chi connectivity index (χ4n) is 11.7. The largest absolute Gasteiger partial charge is 0.497 e.